The number of nitrogens with two attached hydrogens (primary N) is 1. The minimum absolute atomic E-state index is 0.102. The third kappa shape index (κ3) is 3.75. The Morgan fingerprint density at radius 2 is 1.90 bits per heavy atom. The Balaban J connectivity index is 2.26. The first kappa shape index (κ1) is 15.8. The zero-order valence-corrected chi connectivity index (χ0v) is 13.1. The van der Waals surface area contributed by atoms with E-state index in [9.17, 15) is 8.42 Å². The molecule has 0 aliphatic heterocycles. The van der Waals surface area contributed by atoms with Gasteiger partial charge in [-0.3, -0.25) is 0 Å². The number of methoxy groups -OCH3 is 1. The van der Waals surface area contributed by atoms with Gasteiger partial charge in [0.1, 0.15) is 5.75 Å². The van der Waals surface area contributed by atoms with Gasteiger partial charge in [0, 0.05) is 6.04 Å². The molecule has 0 aliphatic carbocycles. The zero-order chi connectivity index (χ0) is 15.5. The van der Waals surface area contributed by atoms with E-state index in [0.717, 1.165) is 0 Å². The molecule has 2 rings (SSSR count). The monoisotopic (exact) mass is 325 g/mol. The predicted octanol–water partition coefficient (Wildman–Crippen LogP) is 2.82. The molecular weight excluding hydrogens is 310 g/mol. The summed E-state index contributed by atoms with van der Waals surface area (Å²) in [6, 6.07) is 12.7. The van der Waals surface area contributed by atoms with E-state index in [0.29, 0.717) is 11.3 Å². The van der Waals surface area contributed by atoms with Crippen LogP contribution in [-0.2, 0) is 9.84 Å². The van der Waals surface area contributed by atoms with Gasteiger partial charge >= 0.3 is 0 Å². The van der Waals surface area contributed by atoms with Gasteiger partial charge in [-0.05, 0) is 29.8 Å². The van der Waals surface area contributed by atoms with E-state index in [2.05, 4.69) is 0 Å². The summed E-state index contributed by atoms with van der Waals surface area (Å²) in [7, 11) is -2.01. The smallest absolute Gasteiger partial charge is 0.181 e. The van der Waals surface area contributed by atoms with Crippen LogP contribution in [0.4, 0.5) is 0 Å². The van der Waals surface area contributed by atoms with Gasteiger partial charge in [-0.15, -0.1) is 0 Å². The Labute approximate surface area is 129 Å². The summed E-state index contributed by atoms with van der Waals surface area (Å²) in [5.74, 6) is 0.419. The SMILES string of the molecule is COc1cccc(C(N)CS(=O)(=O)c2ccccc2Cl)c1. The van der Waals surface area contributed by atoms with Crippen molar-refractivity contribution in [2.75, 3.05) is 12.9 Å². The van der Waals surface area contributed by atoms with Crippen molar-refractivity contribution in [3.63, 3.8) is 0 Å². The second kappa shape index (κ2) is 6.47. The minimum atomic E-state index is -3.56. The molecule has 6 heteroatoms. The average molecular weight is 326 g/mol. The third-order valence-corrected chi connectivity index (χ3v) is 5.36. The van der Waals surface area contributed by atoms with Gasteiger partial charge in [0.2, 0.25) is 0 Å². The molecule has 112 valence electrons. The fourth-order valence-corrected chi connectivity index (χ4v) is 3.98. The van der Waals surface area contributed by atoms with Gasteiger partial charge in [-0.25, -0.2) is 8.42 Å². The Kier molecular flexibility index (Phi) is 4.88. The Morgan fingerprint density at radius 1 is 1.19 bits per heavy atom. The number of sulfone groups is 1. The van der Waals surface area contributed by atoms with Crippen molar-refractivity contribution in [1.82, 2.24) is 0 Å². The van der Waals surface area contributed by atoms with Crippen LogP contribution < -0.4 is 10.5 Å². The van der Waals surface area contributed by atoms with Gasteiger partial charge in [-0.2, -0.15) is 0 Å². The van der Waals surface area contributed by atoms with E-state index in [4.69, 9.17) is 22.1 Å². The summed E-state index contributed by atoms with van der Waals surface area (Å²) in [6.45, 7) is 0. The highest BCUT2D eigenvalue weighted by molar-refractivity contribution is 7.91. The van der Waals surface area contributed by atoms with Crippen LogP contribution in [-0.4, -0.2) is 21.3 Å². The van der Waals surface area contributed by atoms with Crippen molar-refractivity contribution in [2.45, 2.75) is 10.9 Å². The molecule has 0 aromatic heterocycles. The number of halogens is 1. The second-order valence-electron chi connectivity index (χ2n) is 4.59. The topological polar surface area (TPSA) is 69.4 Å². The standard InChI is InChI=1S/C15H16ClNO3S/c1-20-12-6-4-5-11(9-12)14(17)10-21(18,19)15-8-3-2-7-13(15)16/h2-9,14H,10,17H2,1H3. The maximum Gasteiger partial charge on any atom is 0.181 e. The lowest BCUT2D eigenvalue weighted by Crippen LogP contribution is -2.22. The van der Waals surface area contributed by atoms with Gasteiger partial charge in [0.05, 0.1) is 22.8 Å². The summed E-state index contributed by atoms with van der Waals surface area (Å²) in [5.41, 5.74) is 6.71. The van der Waals surface area contributed by atoms with Crippen LogP contribution in [0.1, 0.15) is 11.6 Å². The largest absolute Gasteiger partial charge is 0.497 e. The molecule has 0 radical (unpaired) electrons. The second-order valence-corrected chi connectivity index (χ2v) is 7.00. The quantitative estimate of drug-likeness (QED) is 0.917. The van der Waals surface area contributed by atoms with Crippen LogP contribution >= 0.6 is 11.6 Å². The number of hydrogen-bond donors (Lipinski definition) is 1. The fourth-order valence-electron chi connectivity index (χ4n) is 1.99. The zero-order valence-electron chi connectivity index (χ0n) is 11.5. The highest BCUT2D eigenvalue weighted by Crippen LogP contribution is 2.25. The number of rotatable bonds is 5. The first-order chi connectivity index (χ1) is 9.94. The van der Waals surface area contributed by atoms with Crippen molar-refractivity contribution in [1.29, 1.82) is 0 Å². The minimum Gasteiger partial charge on any atom is -0.497 e. The van der Waals surface area contributed by atoms with Crippen molar-refractivity contribution >= 4 is 21.4 Å². The van der Waals surface area contributed by atoms with Crippen LogP contribution in [0.2, 0.25) is 5.02 Å². The van der Waals surface area contributed by atoms with E-state index in [1.807, 2.05) is 0 Å². The summed E-state index contributed by atoms with van der Waals surface area (Å²) in [5, 5.41) is 0.204. The molecule has 0 saturated heterocycles. The lowest BCUT2D eigenvalue weighted by atomic mass is 10.1. The molecule has 0 heterocycles. The van der Waals surface area contributed by atoms with E-state index in [-0.39, 0.29) is 15.7 Å². The lowest BCUT2D eigenvalue weighted by Gasteiger charge is -2.14. The van der Waals surface area contributed by atoms with Crippen LogP contribution in [0.5, 0.6) is 5.75 Å². The molecule has 0 aliphatic rings. The van der Waals surface area contributed by atoms with Gasteiger partial charge < -0.3 is 10.5 Å². The predicted molar refractivity (Wildman–Crippen MR) is 83.4 cm³/mol. The van der Waals surface area contributed by atoms with Crippen molar-refractivity contribution in [3.05, 3.63) is 59.1 Å². The molecule has 0 fully saturated rings. The fraction of sp³-hybridized carbons (Fsp3) is 0.200. The first-order valence-electron chi connectivity index (χ1n) is 6.31. The van der Waals surface area contributed by atoms with Gasteiger partial charge in [-0.1, -0.05) is 35.9 Å². The van der Waals surface area contributed by atoms with Crippen LogP contribution in [0, 0.1) is 0 Å². The number of ether oxygens (including phenoxy) is 1. The van der Waals surface area contributed by atoms with E-state index in [1.54, 1.807) is 49.6 Å². The summed E-state index contributed by atoms with van der Waals surface area (Å²) >= 11 is 5.95. The van der Waals surface area contributed by atoms with Crippen molar-refractivity contribution in [3.8, 4) is 5.75 Å². The molecule has 0 saturated carbocycles. The summed E-state index contributed by atoms with van der Waals surface area (Å²) < 4.78 is 29.9. The van der Waals surface area contributed by atoms with Crippen LogP contribution in [0.25, 0.3) is 0 Å². The maximum absolute atomic E-state index is 12.4. The molecule has 1 unspecified atom stereocenters. The molecule has 2 aromatic rings. The Bertz CT molecular complexity index is 731. The molecule has 0 spiro atoms. The van der Waals surface area contributed by atoms with Gasteiger partial charge in [0.15, 0.2) is 9.84 Å². The molecular formula is C15H16ClNO3S. The van der Waals surface area contributed by atoms with Gasteiger partial charge in [0.25, 0.3) is 0 Å². The molecule has 0 bridgehead atoms. The normalized spacial score (nSPS) is 12.9. The molecule has 2 aromatic carbocycles. The van der Waals surface area contributed by atoms with E-state index >= 15 is 0 Å². The molecule has 1 atom stereocenters. The van der Waals surface area contributed by atoms with E-state index < -0.39 is 15.9 Å². The van der Waals surface area contributed by atoms with Crippen LogP contribution in [0.3, 0.4) is 0 Å². The van der Waals surface area contributed by atoms with Crippen LogP contribution in [0.15, 0.2) is 53.4 Å². The molecule has 4 nitrogen and oxygen atoms in total. The first-order valence-corrected chi connectivity index (χ1v) is 8.34. The van der Waals surface area contributed by atoms with Crippen molar-refractivity contribution < 1.29 is 13.2 Å². The average Bonchev–Trinajstić information content (AvgIpc) is 2.47. The molecule has 2 N–H and O–H groups in total. The molecule has 0 amide bonds. The summed E-state index contributed by atoms with van der Waals surface area (Å²) in [4.78, 5) is 0.102. The highest BCUT2D eigenvalue weighted by Gasteiger charge is 2.22. The Hall–Kier alpha value is -1.56. The summed E-state index contributed by atoms with van der Waals surface area (Å²) in [6.07, 6.45) is 0. The lowest BCUT2D eigenvalue weighted by molar-refractivity contribution is 0.414. The molecule has 21 heavy (non-hydrogen) atoms. The Morgan fingerprint density at radius 3 is 2.57 bits per heavy atom. The number of hydrogen-bond acceptors (Lipinski definition) is 4. The maximum atomic E-state index is 12.4. The highest BCUT2D eigenvalue weighted by atomic mass is 35.5. The third-order valence-electron chi connectivity index (χ3n) is 3.09. The number of benzene rings is 2. The van der Waals surface area contributed by atoms with Crippen molar-refractivity contribution in [2.24, 2.45) is 5.73 Å². The van der Waals surface area contributed by atoms with E-state index in [1.165, 1.54) is 6.07 Å².